The van der Waals surface area contributed by atoms with Gasteiger partial charge in [-0.3, -0.25) is 9.78 Å². The molecule has 2 aromatic carbocycles. The van der Waals surface area contributed by atoms with Crippen LogP contribution in [0, 0.1) is 0 Å². The van der Waals surface area contributed by atoms with Crippen LogP contribution in [0.3, 0.4) is 0 Å². The molecule has 1 atom stereocenters. The molecule has 0 aliphatic heterocycles. The van der Waals surface area contributed by atoms with Gasteiger partial charge in [0.15, 0.2) is 0 Å². The molecule has 0 aliphatic carbocycles. The zero-order valence-electron chi connectivity index (χ0n) is 15.5. The molecule has 0 bridgehead atoms. The van der Waals surface area contributed by atoms with Crippen LogP contribution in [-0.2, 0) is 6.61 Å². The third kappa shape index (κ3) is 5.31. The van der Waals surface area contributed by atoms with Crippen molar-refractivity contribution >= 4 is 5.91 Å². The Bertz CT molecular complexity index is 898. The molecular weight excluding hydrogens is 356 g/mol. The number of carbonyl (C=O) groups excluding carboxylic acids is 1. The minimum Gasteiger partial charge on any atom is -0.497 e. The summed E-state index contributed by atoms with van der Waals surface area (Å²) in [6.07, 6.45) is 2.63. The summed E-state index contributed by atoms with van der Waals surface area (Å²) in [7, 11) is 1.58. The first kappa shape index (κ1) is 19.4. The normalized spacial score (nSPS) is 11.5. The summed E-state index contributed by atoms with van der Waals surface area (Å²) in [5.74, 6) is 1.02. The van der Waals surface area contributed by atoms with Gasteiger partial charge in [0, 0.05) is 30.1 Å². The van der Waals surface area contributed by atoms with Crippen LogP contribution < -0.4 is 14.8 Å². The topological polar surface area (TPSA) is 80.7 Å². The van der Waals surface area contributed by atoms with Gasteiger partial charge in [-0.05, 0) is 42.0 Å². The van der Waals surface area contributed by atoms with Crippen molar-refractivity contribution in [3.8, 4) is 11.5 Å². The van der Waals surface area contributed by atoms with Gasteiger partial charge in [0.05, 0.1) is 13.2 Å². The van der Waals surface area contributed by atoms with Crippen molar-refractivity contribution in [3.63, 3.8) is 0 Å². The third-order valence-corrected chi connectivity index (χ3v) is 4.18. The lowest BCUT2D eigenvalue weighted by Gasteiger charge is -2.13. The molecule has 144 valence electrons. The highest BCUT2D eigenvalue weighted by molar-refractivity contribution is 5.94. The van der Waals surface area contributed by atoms with Gasteiger partial charge in [0.25, 0.3) is 5.91 Å². The van der Waals surface area contributed by atoms with Crippen LogP contribution >= 0.6 is 0 Å². The van der Waals surface area contributed by atoms with Gasteiger partial charge in [0.2, 0.25) is 0 Å². The number of aliphatic hydroxyl groups excluding tert-OH is 1. The van der Waals surface area contributed by atoms with E-state index < -0.39 is 6.10 Å². The van der Waals surface area contributed by atoms with Crippen LogP contribution in [0.2, 0.25) is 0 Å². The van der Waals surface area contributed by atoms with Crippen molar-refractivity contribution in [1.82, 2.24) is 10.3 Å². The Kier molecular flexibility index (Phi) is 6.59. The molecule has 0 aliphatic rings. The Balaban J connectivity index is 1.55. The highest BCUT2D eigenvalue weighted by Crippen LogP contribution is 2.18. The Morgan fingerprint density at radius 2 is 1.93 bits per heavy atom. The van der Waals surface area contributed by atoms with E-state index >= 15 is 0 Å². The number of amides is 1. The minimum atomic E-state index is -0.806. The van der Waals surface area contributed by atoms with Crippen LogP contribution in [0.25, 0.3) is 0 Å². The smallest absolute Gasteiger partial charge is 0.251 e. The van der Waals surface area contributed by atoms with E-state index in [-0.39, 0.29) is 12.5 Å². The fourth-order valence-electron chi connectivity index (χ4n) is 2.61. The Morgan fingerprint density at radius 1 is 1.11 bits per heavy atom. The highest BCUT2D eigenvalue weighted by atomic mass is 16.5. The average molecular weight is 378 g/mol. The first-order valence-corrected chi connectivity index (χ1v) is 8.87. The number of hydrogen-bond acceptors (Lipinski definition) is 5. The second kappa shape index (κ2) is 9.53. The maximum Gasteiger partial charge on any atom is 0.251 e. The van der Waals surface area contributed by atoms with Gasteiger partial charge in [-0.25, -0.2) is 0 Å². The number of hydrogen-bond donors (Lipinski definition) is 2. The molecule has 0 fully saturated rings. The number of pyridine rings is 1. The SMILES string of the molecule is COc1ccc(C(O)CNC(=O)c2cccc(OCc3cccnc3)c2)cc1. The van der Waals surface area contributed by atoms with Gasteiger partial charge in [-0.1, -0.05) is 24.3 Å². The monoisotopic (exact) mass is 378 g/mol. The molecule has 0 saturated carbocycles. The first-order valence-electron chi connectivity index (χ1n) is 8.87. The summed E-state index contributed by atoms with van der Waals surface area (Å²) in [6.45, 7) is 0.473. The van der Waals surface area contributed by atoms with Crippen molar-refractivity contribution < 1.29 is 19.4 Å². The van der Waals surface area contributed by atoms with E-state index in [2.05, 4.69) is 10.3 Å². The molecule has 0 saturated heterocycles. The van der Waals surface area contributed by atoms with E-state index in [0.29, 0.717) is 29.2 Å². The lowest BCUT2D eigenvalue weighted by Crippen LogP contribution is -2.28. The molecular formula is C22H22N2O4. The molecule has 3 rings (SSSR count). The predicted octanol–water partition coefficient (Wildman–Crippen LogP) is 3.13. The molecule has 2 N–H and O–H groups in total. The summed E-state index contributed by atoms with van der Waals surface area (Å²) < 4.78 is 10.8. The summed E-state index contributed by atoms with van der Waals surface area (Å²) in [6, 6.07) is 17.8. The second-order valence-corrected chi connectivity index (χ2v) is 6.18. The maximum atomic E-state index is 12.4. The summed E-state index contributed by atoms with van der Waals surface area (Å²) in [5, 5.41) is 13.0. The Morgan fingerprint density at radius 3 is 2.64 bits per heavy atom. The molecule has 0 spiro atoms. The molecule has 28 heavy (non-hydrogen) atoms. The largest absolute Gasteiger partial charge is 0.497 e. The molecule has 3 aromatic rings. The molecule has 6 nitrogen and oxygen atoms in total. The molecule has 1 amide bonds. The number of nitrogens with zero attached hydrogens (tertiary/aromatic N) is 1. The van der Waals surface area contributed by atoms with E-state index in [9.17, 15) is 9.90 Å². The van der Waals surface area contributed by atoms with E-state index in [4.69, 9.17) is 9.47 Å². The fourth-order valence-corrected chi connectivity index (χ4v) is 2.61. The van der Waals surface area contributed by atoms with Crippen LogP contribution in [-0.4, -0.2) is 29.7 Å². The van der Waals surface area contributed by atoms with Gasteiger partial charge in [-0.15, -0.1) is 0 Å². The third-order valence-electron chi connectivity index (χ3n) is 4.18. The van der Waals surface area contributed by atoms with Gasteiger partial charge in [0.1, 0.15) is 18.1 Å². The number of benzene rings is 2. The second-order valence-electron chi connectivity index (χ2n) is 6.18. The molecule has 1 unspecified atom stereocenters. The zero-order valence-corrected chi connectivity index (χ0v) is 15.5. The number of ether oxygens (including phenoxy) is 2. The Hall–Kier alpha value is -3.38. The van der Waals surface area contributed by atoms with E-state index in [0.717, 1.165) is 5.56 Å². The van der Waals surface area contributed by atoms with Crippen molar-refractivity contribution in [2.75, 3.05) is 13.7 Å². The number of carbonyl (C=O) groups is 1. The van der Waals surface area contributed by atoms with Gasteiger partial charge >= 0.3 is 0 Å². The summed E-state index contributed by atoms with van der Waals surface area (Å²) in [5.41, 5.74) is 2.11. The lowest BCUT2D eigenvalue weighted by molar-refractivity contribution is 0.0916. The fraction of sp³-hybridized carbons (Fsp3) is 0.182. The van der Waals surface area contributed by atoms with Crippen molar-refractivity contribution in [2.24, 2.45) is 0 Å². The Labute approximate surface area is 163 Å². The van der Waals surface area contributed by atoms with Crippen molar-refractivity contribution in [1.29, 1.82) is 0 Å². The van der Waals surface area contributed by atoms with Crippen molar-refractivity contribution in [2.45, 2.75) is 12.7 Å². The molecule has 6 heteroatoms. The standard InChI is InChI=1S/C22H22N2O4/c1-27-19-9-7-17(8-10-19)21(25)14-24-22(26)18-5-2-6-20(12-18)28-15-16-4-3-11-23-13-16/h2-13,21,25H,14-15H2,1H3,(H,24,26). The lowest BCUT2D eigenvalue weighted by atomic mass is 10.1. The summed E-state index contributed by atoms with van der Waals surface area (Å²) in [4.78, 5) is 16.4. The molecule has 1 heterocycles. The predicted molar refractivity (Wildman–Crippen MR) is 105 cm³/mol. The van der Waals surface area contributed by atoms with Crippen LogP contribution in [0.4, 0.5) is 0 Å². The van der Waals surface area contributed by atoms with Crippen LogP contribution in [0.15, 0.2) is 73.1 Å². The van der Waals surface area contributed by atoms with Crippen LogP contribution in [0.1, 0.15) is 27.6 Å². The molecule has 1 aromatic heterocycles. The minimum absolute atomic E-state index is 0.103. The van der Waals surface area contributed by atoms with Crippen molar-refractivity contribution in [3.05, 3.63) is 89.7 Å². The number of nitrogens with one attached hydrogen (secondary N) is 1. The van der Waals surface area contributed by atoms with Gasteiger partial charge in [-0.2, -0.15) is 0 Å². The average Bonchev–Trinajstić information content (AvgIpc) is 2.76. The van der Waals surface area contributed by atoms with Crippen LogP contribution in [0.5, 0.6) is 11.5 Å². The quantitative estimate of drug-likeness (QED) is 0.629. The highest BCUT2D eigenvalue weighted by Gasteiger charge is 2.12. The van der Waals surface area contributed by atoms with E-state index in [1.165, 1.54) is 0 Å². The first-order chi connectivity index (χ1) is 13.7. The summed E-state index contributed by atoms with van der Waals surface area (Å²) >= 11 is 0. The van der Waals surface area contributed by atoms with E-state index in [1.54, 1.807) is 68.0 Å². The maximum absolute atomic E-state index is 12.4. The number of rotatable bonds is 8. The van der Waals surface area contributed by atoms with E-state index in [1.807, 2.05) is 12.1 Å². The number of aliphatic hydroxyl groups is 1. The number of aromatic nitrogens is 1. The zero-order chi connectivity index (χ0) is 19.8. The molecule has 0 radical (unpaired) electrons. The number of methoxy groups -OCH3 is 1. The van der Waals surface area contributed by atoms with Gasteiger partial charge < -0.3 is 19.9 Å².